The zero-order valence-corrected chi connectivity index (χ0v) is 9.48. The van der Waals surface area contributed by atoms with E-state index in [-0.39, 0.29) is 17.0 Å². The molecule has 19 heavy (non-hydrogen) atoms. The van der Waals surface area contributed by atoms with Crippen molar-refractivity contribution in [3.63, 3.8) is 0 Å². The molecule has 0 aliphatic heterocycles. The maximum Gasteiger partial charge on any atom is 0.323 e. The van der Waals surface area contributed by atoms with Gasteiger partial charge < -0.3 is 15.3 Å². The summed E-state index contributed by atoms with van der Waals surface area (Å²) >= 11 is 0. The minimum absolute atomic E-state index is 0.137. The minimum atomic E-state index is -0.335. The number of aromatic nitrogens is 2. The molecule has 2 rings (SSSR count). The van der Waals surface area contributed by atoms with Gasteiger partial charge in [-0.05, 0) is 18.2 Å². The predicted molar refractivity (Wildman–Crippen MR) is 66.4 cm³/mol. The molecular formula is C12H6N6O. The highest BCUT2D eigenvalue weighted by Crippen LogP contribution is 2.17. The molecule has 0 amide bonds. The second-order valence-electron chi connectivity index (χ2n) is 3.55. The van der Waals surface area contributed by atoms with Gasteiger partial charge in [-0.3, -0.25) is 0 Å². The Labute approximate surface area is 107 Å². The monoisotopic (exact) mass is 250 g/mol. The minimum Gasteiger partial charge on any atom is -0.345 e. The summed E-state index contributed by atoms with van der Waals surface area (Å²) in [6.45, 7) is 0. The standard InChI is InChI=1S/C12H6N6O/c13-4-7(5-14)11(6-15)16-8-1-2-9-10(3-8)18-12(19)17-9/h1-3,16H,(H2,17,18,19). The van der Waals surface area contributed by atoms with E-state index in [0.29, 0.717) is 16.7 Å². The molecule has 1 heterocycles. The number of hydrogen-bond donors (Lipinski definition) is 3. The highest BCUT2D eigenvalue weighted by molar-refractivity contribution is 5.79. The van der Waals surface area contributed by atoms with Gasteiger partial charge in [-0.25, -0.2) is 4.79 Å². The molecule has 0 fully saturated rings. The molecule has 0 saturated carbocycles. The van der Waals surface area contributed by atoms with Gasteiger partial charge in [0.2, 0.25) is 0 Å². The summed E-state index contributed by atoms with van der Waals surface area (Å²) in [5.74, 6) is 0. The van der Waals surface area contributed by atoms with Crippen molar-refractivity contribution in [1.29, 1.82) is 15.8 Å². The van der Waals surface area contributed by atoms with Crippen LogP contribution in [0.1, 0.15) is 0 Å². The summed E-state index contributed by atoms with van der Waals surface area (Å²) in [5, 5.41) is 29.0. The largest absolute Gasteiger partial charge is 0.345 e. The Bertz CT molecular complexity index is 833. The van der Waals surface area contributed by atoms with E-state index in [2.05, 4.69) is 15.3 Å². The lowest BCUT2D eigenvalue weighted by Gasteiger charge is -2.04. The lowest BCUT2D eigenvalue weighted by Crippen LogP contribution is -2.00. The lowest BCUT2D eigenvalue weighted by atomic mass is 10.2. The summed E-state index contributed by atoms with van der Waals surface area (Å²) in [7, 11) is 0. The molecule has 2 aromatic rings. The molecule has 0 aliphatic rings. The zero-order chi connectivity index (χ0) is 13.8. The second kappa shape index (κ2) is 4.79. The highest BCUT2D eigenvalue weighted by atomic mass is 16.1. The van der Waals surface area contributed by atoms with Crippen LogP contribution in [0, 0.1) is 34.0 Å². The van der Waals surface area contributed by atoms with Crippen molar-refractivity contribution < 1.29 is 0 Å². The van der Waals surface area contributed by atoms with E-state index in [1.807, 2.05) is 0 Å². The summed E-state index contributed by atoms with van der Waals surface area (Å²) in [4.78, 5) is 16.2. The van der Waals surface area contributed by atoms with Crippen molar-refractivity contribution in [3.8, 4) is 18.2 Å². The number of fused-ring (bicyclic) bond motifs is 1. The molecule has 0 radical (unpaired) electrons. The van der Waals surface area contributed by atoms with Gasteiger partial charge in [-0.15, -0.1) is 0 Å². The number of H-pyrrole nitrogens is 2. The predicted octanol–water partition coefficient (Wildman–Crippen LogP) is 1.09. The molecule has 0 unspecified atom stereocenters. The molecule has 90 valence electrons. The van der Waals surface area contributed by atoms with E-state index >= 15 is 0 Å². The van der Waals surface area contributed by atoms with Crippen molar-refractivity contribution in [2.24, 2.45) is 0 Å². The first-order chi connectivity index (χ1) is 9.17. The summed E-state index contributed by atoms with van der Waals surface area (Å²) in [5.41, 5.74) is 0.897. The van der Waals surface area contributed by atoms with E-state index in [9.17, 15) is 4.79 Å². The quantitative estimate of drug-likeness (QED) is 0.686. The molecule has 0 saturated heterocycles. The van der Waals surface area contributed by atoms with Crippen molar-refractivity contribution >= 4 is 16.7 Å². The van der Waals surface area contributed by atoms with Crippen LogP contribution < -0.4 is 11.0 Å². The smallest absolute Gasteiger partial charge is 0.323 e. The van der Waals surface area contributed by atoms with Gasteiger partial charge in [-0.2, -0.15) is 15.8 Å². The number of benzene rings is 1. The van der Waals surface area contributed by atoms with Crippen LogP contribution in [-0.2, 0) is 0 Å². The van der Waals surface area contributed by atoms with Gasteiger partial charge in [0.25, 0.3) is 0 Å². The van der Waals surface area contributed by atoms with Gasteiger partial charge in [0, 0.05) is 5.69 Å². The van der Waals surface area contributed by atoms with Crippen LogP contribution in [0.3, 0.4) is 0 Å². The molecule has 0 atom stereocenters. The molecule has 7 nitrogen and oxygen atoms in total. The average molecular weight is 250 g/mol. The van der Waals surface area contributed by atoms with Gasteiger partial charge in [0.1, 0.15) is 23.9 Å². The third-order valence-corrected chi connectivity index (χ3v) is 2.37. The molecular weight excluding hydrogens is 244 g/mol. The normalized spacial score (nSPS) is 9.11. The van der Waals surface area contributed by atoms with Gasteiger partial charge in [-0.1, -0.05) is 0 Å². The Morgan fingerprint density at radius 2 is 1.74 bits per heavy atom. The van der Waals surface area contributed by atoms with Crippen LogP contribution in [0.5, 0.6) is 0 Å². The van der Waals surface area contributed by atoms with Crippen LogP contribution in [0.25, 0.3) is 11.0 Å². The third kappa shape index (κ3) is 2.28. The Balaban J connectivity index is 2.45. The maximum absolute atomic E-state index is 11.1. The van der Waals surface area contributed by atoms with E-state index in [1.54, 1.807) is 36.4 Å². The van der Waals surface area contributed by atoms with E-state index < -0.39 is 0 Å². The van der Waals surface area contributed by atoms with Crippen LogP contribution in [0.15, 0.2) is 34.3 Å². The van der Waals surface area contributed by atoms with Gasteiger partial charge in [0.05, 0.1) is 11.0 Å². The van der Waals surface area contributed by atoms with Crippen molar-refractivity contribution in [1.82, 2.24) is 9.97 Å². The van der Waals surface area contributed by atoms with Crippen molar-refractivity contribution in [3.05, 3.63) is 40.0 Å². The number of nitriles is 3. The molecule has 0 bridgehead atoms. The SMILES string of the molecule is N#CC(C#N)=C(C#N)Nc1ccc2[nH]c(=O)[nH]c2c1. The van der Waals surface area contributed by atoms with E-state index in [1.165, 1.54) is 0 Å². The molecule has 0 spiro atoms. The summed E-state index contributed by atoms with van der Waals surface area (Å²) in [6, 6.07) is 9.87. The first-order valence-electron chi connectivity index (χ1n) is 5.11. The fourth-order valence-electron chi connectivity index (χ4n) is 1.54. The number of aromatic amines is 2. The number of rotatable bonds is 2. The fourth-order valence-corrected chi connectivity index (χ4v) is 1.54. The number of nitrogens with zero attached hydrogens (tertiary/aromatic N) is 3. The molecule has 1 aromatic heterocycles. The number of nitrogens with one attached hydrogen (secondary N) is 3. The Morgan fingerprint density at radius 1 is 1.05 bits per heavy atom. The average Bonchev–Trinajstić information content (AvgIpc) is 2.78. The number of imidazole rings is 1. The van der Waals surface area contributed by atoms with E-state index in [0.717, 1.165) is 0 Å². The lowest BCUT2D eigenvalue weighted by molar-refractivity contribution is 1.21. The van der Waals surface area contributed by atoms with Crippen molar-refractivity contribution in [2.45, 2.75) is 0 Å². The third-order valence-electron chi connectivity index (χ3n) is 2.37. The number of anilines is 1. The Morgan fingerprint density at radius 3 is 2.37 bits per heavy atom. The van der Waals surface area contributed by atoms with Crippen LogP contribution in [0.4, 0.5) is 5.69 Å². The van der Waals surface area contributed by atoms with Gasteiger partial charge in [0.15, 0.2) is 5.57 Å². The van der Waals surface area contributed by atoms with Crippen LogP contribution in [0.2, 0.25) is 0 Å². The van der Waals surface area contributed by atoms with Crippen molar-refractivity contribution in [2.75, 3.05) is 5.32 Å². The zero-order valence-electron chi connectivity index (χ0n) is 9.48. The highest BCUT2D eigenvalue weighted by Gasteiger charge is 2.07. The van der Waals surface area contributed by atoms with Crippen LogP contribution in [-0.4, -0.2) is 9.97 Å². The Hall–Kier alpha value is -3.50. The first kappa shape index (κ1) is 12.0. The second-order valence-corrected chi connectivity index (χ2v) is 3.55. The topological polar surface area (TPSA) is 132 Å². The van der Waals surface area contributed by atoms with Crippen LogP contribution >= 0.6 is 0 Å². The first-order valence-corrected chi connectivity index (χ1v) is 5.11. The molecule has 1 aromatic carbocycles. The van der Waals surface area contributed by atoms with E-state index in [4.69, 9.17) is 15.8 Å². The van der Waals surface area contributed by atoms with Gasteiger partial charge >= 0.3 is 5.69 Å². The maximum atomic E-state index is 11.1. The summed E-state index contributed by atoms with van der Waals surface area (Å²) in [6.07, 6.45) is 0. The summed E-state index contributed by atoms with van der Waals surface area (Å²) < 4.78 is 0. The molecule has 3 N–H and O–H groups in total. The number of allylic oxidation sites excluding steroid dienone is 2. The molecule has 0 aliphatic carbocycles. The molecule has 7 heteroatoms. The fraction of sp³-hybridized carbons (Fsp3) is 0. The number of hydrogen-bond acceptors (Lipinski definition) is 5. The Kier molecular flexibility index (Phi) is 3.01.